The van der Waals surface area contributed by atoms with E-state index in [1.165, 1.54) is 10.4 Å². The summed E-state index contributed by atoms with van der Waals surface area (Å²) < 4.78 is 5.72. The molecule has 5 nitrogen and oxygen atoms in total. The van der Waals surface area contributed by atoms with Gasteiger partial charge in [0.05, 0.1) is 16.9 Å². The van der Waals surface area contributed by atoms with E-state index in [2.05, 4.69) is 19.9 Å². The van der Waals surface area contributed by atoms with E-state index in [4.69, 9.17) is 4.74 Å². The molecular formula is C20H29NO4S. The first-order valence-corrected chi connectivity index (χ1v) is 10.6. The first-order chi connectivity index (χ1) is 12.5. The first kappa shape index (κ1) is 19.4. The highest BCUT2D eigenvalue weighted by molar-refractivity contribution is 7.14. The van der Waals surface area contributed by atoms with Crippen LogP contribution in [-0.4, -0.2) is 47.7 Å². The number of carbonyl (C=O) groups excluding carboxylic acids is 1. The fourth-order valence-electron chi connectivity index (χ4n) is 4.24. The molecule has 1 unspecified atom stereocenters. The zero-order valence-corrected chi connectivity index (χ0v) is 16.5. The lowest BCUT2D eigenvalue weighted by Crippen LogP contribution is -2.43. The molecule has 2 saturated heterocycles. The van der Waals surface area contributed by atoms with Crippen molar-refractivity contribution in [2.45, 2.75) is 58.5 Å². The molecule has 3 heterocycles. The molecule has 2 aliphatic rings. The summed E-state index contributed by atoms with van der Waals surface area (Å²) in [6, 6.07) is 2.07. The molecule has 0 bridgehead atoms. The minimum atomic E-state index is -0.750. The van der Waals surface area contributed by atoms with Gasteiger partial charge < -0.3 is 14.7 Å². The zero-order chi connectivity index (χ0) is 18.7. The maximum absolute atomic E-state index is 12.9. The van der Waals surface area contributed by atoms with Gasteiger partial charge in [-0.25, -0.2) is 0 Å². The highest BCUT2D eigenvalue weighted by Gasteiger charge is 2.40. The molecular weight excluding hydrogens is 350 g/mol. The highest BCUT2D eigenvalue weighted by Crippen LogP contribution is 2.34. The van der Waals surface area contributed by atoms with E-state index in [0.717, 1.165) is 37.0 Å². The van der Waals surface area contributed by atoms with Gasteiger partial charge in [0.2, 0.25) is 0 Å². The number of carboxylic acids is 1. The van der Waals surface area contributed by atoms with Crippen LogP contribution < -0.4 is 0 Å². The maximum Gasteiger partial charge on any atom is 0.309 e. The average molecular weight is 380 g/mol. The van der Waals surface area contributed by atoms with Crippen LogP contribution in [-0.2, 0) is 22.4 Å². The Morgan fingerprint density at radius 3 is 2.62 bits per heavy atom. The summed E-state index contributed by atoms with van der Waals surface area (Å²) in [5.41, 5.74) is 1.30. The van der Waals surface area contributed by atoms with Crippen molar-refractivity contribution in [1.82, 2.24) is 4.90 Å². The molecule has 26 heavy (non-hydrogen) atoms. The van der Waals surface area contributed by atoms with E-state index in [1.807, 2.05) is 4.90 Å². The van der Waals surface area contributed by atoms with E-state index >= 15 is 0 Å². The van der Waals surface area contributed by atoms with Crippen molar-refractivity contribution < 1.29 is 19.4 Å². The first-order valence-electron chi connectivity index (χ1n) is 9.80. The van der Waals surface area contributed by atoms with Gasteiger partial charge in [0.25, 0.3) is 5.91 Å². The Hall–Kier alpha value is -1.40. The number of thiophene rings is 1. The van der Waals surface area contributed by atoms with Crippen LogP contribution in [0.25, 0.3) is 0 Å². The minimum absolute atomic E-state index is 0.132. The molecule has 0 spiro atoms. The molecule has 0 saturated carbocycles. The Balaban J connectivity index is 1.61. The van der Waals surface area contributed by atoms with Crippen LogP contribution in [0.1, 0.15) is 59.6 Å². The van der Waals surface area contributed by atoms with Gasteiger partial charge in [-0.1, -0.05) is 20.3 Å². The van der Waals surface area contributed by atoms with E-state index in [1.54, 1.807) is 11.3 Å². The fourth-order valence-corrected chi connectivity index (χ4v) is 5.56. The number of nitrogens with zero attached hydrogens (tertiary/aromatic N) is 1. The molecule has 1 N–H and O–H groups in total. The number of rotatable bonds is 6. The van der Waals surface area contributed by atoms with Crippen molar-refractivity contribution in [2.75, 3.05) is 19.7 Å². The Kier molecular flexibility index (Phi) is 6.35. The number of carbonyl (C=O) groups is 2. The van der Waals surface area contributed by atoms with Crippen LogP contribution in [0.15, 0.2) is 6.07 Å². The number of amides is 1. The molecule has 3 rings (SSSR count). The lowest BCUT2D eigenvalue weighted by Gasteiger charge is -2.35. The third kappa shape index (κ3) is 3.96. The van der Waals surface area contributed by atoms with Crippen LogP contribution in [0.3, 0.4) is 0 Å². The molecule has 6 heteroatoms. The van der Waals surface area contributed by atoms with Crippen LogP contribution >= 0.6 is 11.3 Å². The summed E-state index contributed by atoms with van der Waals surface area (Å²) in [5.74, 6) is -0.760. The number of hydrogen-bond donors (Lipinski definition) is 1. The van der Waals surface area contributed by atoms with Crippen LogP contribution in [0.5, 0.6) is 0 Å². The average Bonchev–Trinajstić information content (AvgIpc) is 3.28. The number of carboxylic acid groups (broad SMARTS) is 1. The van der Waals surface area contributed by atoms with Gasteiger partial charge >= 0.3 is 5.97 Å². The van der Waals surface area contributed by atoms with Crippen molar-refractivity contribution >= 4 is 23.2 Å². The van der Waals surface area contributed by atoms with Crippen molar-refractivity contribution in [1.29, 1.82) is 0 Å². The molecule has 2 atom stereocenters. The number of piperidine rings is 1. The maximum atomic E-state index is 12.9. The van der Waals surface area contributed by atoms with Crippen LogP contribution in [0, 0.1) is 11.8 Å². The van der Waals surface area contributed by atoms with E-state index in [-0.39, 0.29) is 23.8 Å². The summed E-state index contributed by atoms with van der Waals surface area (Å²) in [6.07, 6.45) is 5.18. The second-order valence-corrected chi connectivity index (χ2v) is 8.50. The molecule has 2 aliphatic heterocycles. The van der Waals surface area contributed by atoms with Gasteiger partial charge in [-0.15, -0.1) is 11.3 Å². The molecule has 0 aliphatic carbocycles. The largest absolute Gasteiger partial charge is 0.481 e. The normalized spacial score (nSPS) is 24.2. The topological polar surface area (TPSA) is 66.8 Å². The number of hydrogen-bond acceptors (Lipinski definition) is 4. The molecule has 1 aromatic rings. The lowest BCUT2D eigenvalue weighted by molar-refractivity contribution is -0.145. The van der Waals surface area contributed by atoms with Gasteiger partial charge in [0.15, 0.2) is 0 Å². The Morgan fingerprint density at radius 2 is 2.00 bits per heavy atom. The number of aryl methyl sites for hydroxylation is 2. The van der Waals surface area contributed by atoms with E-state index in [0.29, 0.717) is 26.1 Å². The summed E-state index contributed by atoms with van der Waals surface area (Å²) >= 11 is 1.65. The molecule has 144 valence electrons. The predicted octanol–water partition coefficient (Wildman–Crippen LogP) is 3.60. The Labute approximate surface area is 159 Å². The lowest BCUT2D eigenvalue weighted by atomic mass is 9.84. The summed E-state index contributed by atoms with van der Waals surface area (Å²) in [6.45, 7) is 6.23. The summed E-state index contributed by atoms with van der Waals surface area (Å²) in [4.78, 5) is 28.4. The van der Waals surface area contributed by atoms with E-state index in [9.17, 15) is 14.7 Å². The minimum Gasteiger partial charge on any atom is -0.481 e. The Bertz CT molecular complexity index is 648. The molecule has 1 aromatic heterocycles. The molecule has 1 amide bonds. The Morgan fingerprint density at radius 1 is 1.27 bits per heavy atom. The second kappa shape index (κ2) is 8.53. The highest BCUT2D eigenvalue weighted by atomic mass is 32.1. The predicted molar refractivity (Wildman–Crippen MR) is 102 cm³/mol. The molecule has 0 aromatic carbocycles. The second-order valence-electron chi connectivity index (χ2n) is 7.36. The van der Waals surface area contributed by atoms with Gasteiger partial charge in [0.1, 0.15) is 0 Å². The summed E-state index contributed by atoms with van der Waals surface area (Å²) in [7, 11) is 0. The van der Waals surface area contributed by atoms with Gasteiger partial charge in [-0.3, -0.25) is 9.59 Å². The van der Waals surface area contributed by atoms with Gasteiger partial charge in [-0.2, -0.15) is 0 Å². The number of aliphatic carboxylic acids is 1. The van der Waals surface area contributed by atoms with Gasteiger partial charge in [0, 0.05) is 24.6 Å². The van der Waals surface area contributed by atoms with Crippen molar-refractivity contribution in [3.05, 3.63) is 21.4 Å². The quantitative estimate of drug-likeness (QED) is 0.820. The van der Waals surface area contributed by atoms with Crippen LogP contribution in [0.2, 0.25) is 0 Å². The van der Waals surface area contributed by atoms with Crippen molar-refractivity contribution in [2.24, 2.45) is 11.8 Å². The molecule has 0 radical (unpaired) electrons. The smallest absolute Gasteiger partial charge is 0.309 e. The SMILES string of the molecule is CCCc1sc(C(=O)N2CCC([C@@H]3OCCC3C(=O)O)CC2)cc1CC. The third-order valence-electron chi connectivity index (χ3n) is 5.71. The fraction of sp³-hybridized carbons (Fsp3) is 0.700. The van der Waals surface area contributed by atoms with Gasteiger partial charge in [-0.05, 0) is 49.7 Å². The van der Waals surface area contributed by atoms with Crippen molar-refractivity contribution in [3.63, 3.8) is 0 Å². The molecule has 2 fully saturated rings. The zero-order valence-electron chi connectivity index (χ0n) is 15.7. The number of ether oxygens (including phenoxy) is 1. The van der Waals surface area contributed by atoms with Crippen molar-refractivity contribution in [3.8, 4) is 0 Å². The third-order valence-corrected chi connectivity index (χ3v) is 6.93. The van der Waals surface area contributed by atoms with Crippen LogP contribution in [0.4, 0.5) is 0 Å². The number of likely N-dealkylation sites (tertiary alicyclic amines) is 1. The van der Waals surface area contributed by atoms with E-state index < -0.39 is 5.97 Å². The monoisotopic (exact) mass is 379 g/mol. The summed E-state index contributed by atoms with van der Waals surface area (Å²) in [5, 5.41) is 9.36. The standard InChI is InChI=1S/C20H29NO4S/c1-3-5-16-13(4-2)12-17(26-16)19(22)21-9-6-14(7-10-21)18-15(20(23)24)8-11-25-18/h12,14-15,18H,3-11H2,1-2H3,(H,23,24)/t15?,18-/m0/s1.